The zero-order chi connectivity index (χ0) is 24.9. The second-order valence-corrected chi connectivity index (χ2v) is 9.04. The minimum Gasteiger partial charge on any atom is -0.495 e. The van der Waals surface area contributed by atoms with Gasteiger partial charge in [-0.2, -0.15) is 0 Å². The number of thiophene rings is 1. The number of rotatable bonds is 8. The minimum absolute atomic E-state index is 0.231. The summed E-state index contributed by atoms with van der Waals surface area (Å²) >= 11 is 1.11. The van der Waals surface area contributed by atoms with Gasteiger partial charge in [0.2, 0.25) is 5.91 Å². The topological polar surface area (TPSA) is 99.5 Å². The lowest BCUT2D eigenvalue weighted by molar-refractivity contribution is -0.116. The van der Waals surface area contributed by atoms with Gasteiger partial charge in [-0.1, -0.05) is 36.4 Å². The number of carbonyl (C=O) groups is 2. The Morgan fingerprint density at radius 3 is 2.63 bits per heavy atom. The molecule has 0 atom stereocenters. The van der Waals surface area contributed by atoms with E-state index in [-0.39, 0.29) is 13.2 Å². The number of amides is 1. The Bertz CT molecular complexity index is 1440. The smallest absolute Gasteiger partial charge is 0.348 e. The van der Waals surface area contributed by atoms with E-state index in [1.54, 1.807) is 19.1 Å². The maximum Gasteiger partial charge on any atom is 0.348 e. The fraction of sp³-hybridized carbons (Fsp3) is 0.231. The number of hydrogen-bond donors (Lipinski definition) is 1. The Labute approximate surface area is 206 Å². The third kappa shape index (κ3) is 5.41. The molecule has 0 bridgehead atoms. The highest BCUT2D eigenvalue weighted by Gasteiger charge is 2.21. The second kappa shape index (κ2) is 10.5. The van der Waals surface area contributed by atoms with Crippen LogP contribution in [0.2, 0.25) is 0 Å². The molecule has 2 aromatic carbocycles. The van der Waals surface area contributed by atoms with E-state index in [0.717, 1.165) is 22.5 Å². The van der Waals surface area contributed by atoms with Gasteiger partial charge in [0.1, 0.15) is 22.0 Å². The number of carbonyl (C=O) groups excluding carboxylic acids is 2. The van der Waals surface area contributed by atoms with Crippen LogP contribution in [0.25, 0.3) is 10.2 Å². The van der Waals surface area contributed by atoms with Gasteiger partial charge >= 0.3 is 5.97 Å². The van der Waals surface area contributed by atoms with Crippen LogP contribution in [-0.4, -0.2) is 35.1 Å². The number of methoxy groups -OCH3 is 1. The largest absolute Gasteiger partial charge is 0.495 e. The Balaban J connectivity index is 1.49. The second-order valence-electron chi connectivity index (χ2n) is 8.04. The van der Waals surface area contributed by atoms with Crippen molar-refractivity contribution >= 4 is 39.1 Å². The van der Waals surface area contributed by atoms with Crippen LogP contribution >= 0.6 is 11.3 Å². The van der Waals surface area contributed by atoms with Crippen LogP contribution in [0.3, 0.4) is 0 Å². The van der Waals surface area contributed by atoms with Gasteiger partial charge in [-0.15, -0.1) is 11.3 Å². The zero-order valence-corrected chi connectivity index (χ0v) is 20.5. The Kier molecular flexibility index (Phi) is 7.26. The van der Waals surface area contributed by atoms with E-state index in [4.69, 9.17) is 9.47 Å². The van der Waals surface area contributed by atoms with Gasteiger partial charge in [-0.25, -0.2) is 9.78 Å². The number of hydrogen-bond acceptors (Lipinski definition) is 7. The fourth-order valence-electron chi connectivity index (χ4n) is 3.70. The lowest BCUT2D eigenvalue weighted by Crippen LogP contribution is -2.28. The summed E-state index contributed by atoms with van der Waals surface area (Å²) in [7, 11) is 1.52. The molecular formula is C26H25N3O5S. The van der Waals surface area contributed by atoms with Crippen LogP contribution in [0.5, 0.6) is 5.75 Å². The number of nitrogens with zero attached hydrogens (tertiary/aromatic N) is 2. The molecule has 0 saturated carbocycles. The average molecular weight is 492 g/mol. The van der Waals surface area contributed by atoms with Gasteiger partial charge in [0.25, 0.3) is 5.56 Å². The number of ether oxygens (including phenoxy) is 2. The van der Waals surface area contributed by atoms with Crippen molar-refractivity contribution in [2.24, 2.45) is 0 Å². The van der Waals surface area contributed by atoms with Crippen molar-refractivity contribution in [2.75, 3.05) is 19.0 Å². The number of benzene rings is 2. The van der Waals surface area contributed by atoms with Crippen molar-refractivity contribution in [3.63, 3.8) is 0 Å². The molecule has 0 spiro atoms. The lowest BCUT2D eigenvalue weighted by atomic mass is 10.2. The maximum absolute atomic E-state index is 13.1. The molecule has 0 fully saturated rings. The first kappa shape index (κ1) is 24.2. The van der Waals surface area contributed by atoms with Crippen LogP contribution in [0, 0.1) is 13.8 Å². The van der Waals surface area contributed by atoms with Crippen molar-refractivity contribution in [1.82, 2.24) is 9.55 Å². The first-order valence-electron chi connectivity index (χ1n) is 11.0. The SMILES string of the molecule is COc1ccc(C)cc1NC(=O)Cn1cnc2sc(C(=O)OCCc3ccccc3)c(C)c2c1=O. The highest BCUT2D eigenvalue weighted by Crippen LogP contribution is 2.28. The molecular weight excluding hydrogens is 466 g/mol. The van der Waals surface area contributed by atoms with Crippen molar-refractivity contribution < 1.29 is 19.1 Å². The Hall–Kier alpha value is -3.98. The highest BCUT2D eigenvalue weighted by molar-refractivity contribution is 7.20. The molecule has 0 aliphatic carbocycles. The van der Waals surface area contributed by atoms with E-state index in [2.05, 4.69) is 10.3 Å². The summed E-state index contributed by atoms with van der Waals surface area (Å²) in [4.78, 5) is 43.5. The molecule has 2 aromatic heterocycles. The first-order chi connectivity index (χ1) is 16.9. The molecule has 2 heterocycles. The monoisotopic (exact) mass is 491 g/mol. The van der Waals surface area contributed by atoms with E-state index < -0.39 is 17.4 Å². The normalized spacial score (nSPS) is 10.8. The Morgan fingerprint density at radius 2 is 1.89 bits per heavy atom. The predicted octanol–water partition coefficient (Wildman–Crippen LogP) is 4.12. The van der Waals surface area contributed by atoms with Crippen LogP contribution in [0.4, 0.5) is 5.69 Å². The predicted molar refractivity (Wildman–Crippen MR) is 135 cm³/mol. The Morgan fingerprint density at radius 1 is 1.11 bits per heavy atom. The summed E-state index contributed by atoms with van der Waals surface area (Å²) in [5, 5.41) is 3.09. The molecule has 35 heavy (non-hydrogen) atoms. The summed E-state index contributed by atoms with van der Waals surface area (Å²) in [5.41, 5.74) is 2.66. The van der Waals surface area contributed by atoms with Gasteiger partial charge in [0, 0.05) is 6.42 Å². The van der Waals surface area contributed by atoms with E-state index >= 15 is 0 Å². The number of esters is 1. The van der Waals surface area contributed by atoms with E-state index in [9.17, 15) is 14.4 Å². The standard InChI is InChI=1S/C26H25N3O5S/c1-16-9-10-20(33-3)19(13-16)28-21(30)14-29-15-27-24-22(25(29)31)17(2)23(35-24)26(32)34-12-11-18-7-5-4-6-8-18/h4-10,13,15H,11-12,14H2,1-3H3,(H,28,30). The molecule has 1 N–H and O–H groups in total. The summed E-state index contributed by atoms with van der Waals surface area (Å²) in [6.07, 6.45) is 1.92. The van der Waals surface area contributed by atoms with Gasteiger partial charge in [-0.05, 0) is 42.7 Å². The zero-order valence-electron chi connectivity index (χ0n) is 19.7. The van der Waals surface area contributed by atoms with Crippen molar-refractivity contribution in [3.05, 3.63) is 86.8 Å². The average Bonchev–Trinajstić information content (AvgIpc) is 3.19. The van der Waals surface area contributed by atoms with Gasteiger partial charge in [0.05, 0.1) is 31.1 Å². The van der Waals surface area contributed by atoms with Crippen molar-refractivity contribution in [2.45, 2.75) is 26.8 Å². The molecule has 0 aliphatic heterocycles. The van der Waals surface area contributed by atoms with Crippen molar-refractivity contribution in [3.8, 4) is 5.75 Å². The third-order valence-electron chi connectivity index (χ3n) is 5.51. The molecule has 8 nitrogen and oxygen atoms in total. The van der Waals surface area contributed by atoms with E-state index in [0.29, 0.717) is 38.5 Å². The number of fused-ring (bicyclic) bond motifs is 1. The lowest BCUT2D eigenvalue weighted by Gasteiger charge is -2.11. The van der Waals surface area contributed by atoms with E-state index in [1.807, 2.05) is 43.3 Å². The van der Waals surface area contributed by atoms with Gasteiger partial charge < -0.3 is 14.8 Å². The molecule has 0 radical (unpaired) electrons. The van der Waals surface area contributed by atoms with Crippen LogP contribution in [0.1, 0.15) is 26.4 Å². The summed E-state index contributed by atoms with van der Waals surface area (Å²) in [5.74, 6) is -0.365. The molecule has 9 heteroatoms. The fourth-order valence-corrected chi connectivity index (χ4v) is 4.74. The minimum atomic E-state index is -0.489. The molecule has 0 saturated heterocycles. The quantitative estimate of drug-likeness (QED) is 0.372. The van der Waals surface area contributed by atoms with Gasteiger partial charge in [0.15, 0.2) is 0 Å². The highest BCUT2D eigenvalue weighted by atomic mass is 32.1. The summed E-state index contributed by atoms with van der Waals surface area (Å²) < 4.78 is 11.9. The molecule has 180 valence electrons. The van der Waals surface area contributed by atoms with Crippen LogP contribution in [-0.2, 0) is 22.5 Å². The van der Waals surface area contributed by atoms with Crippen LogP contribution in [0.15, 0.2) is 59.7 Å². The first-order valence-corrected chi connectivity index (χ1v) is 11.8. The third-order valence-corrected chi connectivity index (χ3v) is 6.69. The molecule has 0 unspecified atom stereocenters. The molecule has 4 aromatic rings. The number of nitrogens with one attached hydrogen (secondary N) is 1. The van der Waals surface area contributed by atoms with Gasteiger partial charge in [-0.3, -0.25) is 14.2 Å². The maximum atomic E-state index is 13.1. The summed E-state index contributed by atoms with van der Waals surface area (Å²) in [6.45, 7) is 3.60. The van der Waals surface area contributed by atoms with Crippen LogP contribution < -0.4 is 15.6 Å². The number of aromatic nitrogens is 2. The molecule has 0 aliphatic rings. The number of anilines is 1. The molecule has 1 amide bonds. The number of aryl methyl sites for hydroxylation is 2. The van der Waals surface area contributed by atoms with Crippen molar-refractivity contribution in [1.29, 1.82) is 0 Å². The summed E-state index contributed by atoms with van der Waals surface area (Å²) in [6, 6.07) is 15.2. The molecule has 4 rings (SSSR count). The van der Waals surface area contributed by atoms with E-state index in [1.165, 1.54) is 18.0 Å².